The molecule has 0 aliphatic rings. The van der Waals surface area contributed by atoms with Gasteiger partial charge in [0.25, 0.3) is 0 Å². The zero-order valence-corrected chi connectivity index (χ0v) is 16.7. The van der Waals surface area contributed by atoms with Crippen LogP contribution in [-0.4, -0.2) is 35.1 Å². The van der Waals surface area contributed by atoms with Crippen LogP contribution in [0.4, 0.5) is 13.2 Å². The Bertz CT molecular complexity index is 861. The van der Waals surface area contributed by atoms with Crippen molar-refractivity contribution < 1.29 is 32.2 Å². The van der Waals surface area contributed by atoms with Gasteiger partial charge in [-0.2, -0.15) is 13.9 Å². The number of esters is 1. The number of ether oxygens (including phenoxy) is 3. The second-order valence-electron chi connectivity index (χ2n) is 5.50. The predicted octanol–water partition coefficient (Wildman–Crippen LogP) is 4.85. The van der Waals surface area contributed by atoms with Crippen molar-refractivity contribution >= 4 is 29.2 Å². The molecule has 0 aliphatic carbocycles. The van der Waals surface area contributed by atoms with E-state index in [0.717, 1.165) is 10.7 Å². The predicted molar refractivity (Wildman–Crippen MR) is 96.6 cm³/mol. The molecule has 0 spiro atoms. The van der Waals surface area contributed by atoms with Crippen LogP contribution in [0.5, 0.6) is 11.6 Å². The van der Waals surface area contributed by atoms with Crippen molar-refractivity contribution in [3.8, 4) is 22.9 Å². The first-order chi connectivity index (χ1) is 13.2. The first kappa shape index (κ1) is 22.2. The molecular weight excluding hydrogens is 424 g/mol. The summed E-state index contributed by atoms with van der Waals surface area (Å²) in [6.07, 6.45) is -0.689. The van der Waals surface area contributed by atoms with E-state index in [0.29, 0.717) is 0 Å². The van der Waals surface area contributed by atoms with Gasteiger partial charge in [0.05, 0.1) is 11.6 Å². The molecule has 6 nitrogen and oxygen atoms in total. The summed E-state index contributed by atoms with van der Waals surface area (Å²) >= 11 is 12.1. The fourth-order valence-electron chi connectivity index (χ4n) is 2.35. The molecule has 154 valence electrons. The molecular formula is C17H17Cl2F3N2O4. The third-order valence-electron chi connectivity index (χ3n) is 3.61. The summed E-state index contributed by atoms with van der Waals surface area (Å²) in [5.74, 6) is -1.86. The summed E-state index contributed by atoms with van der Waals surface area (Å²) in [6, 6.07) is 2.13. The lowest BCUT2D eigenvalue weighted by Gasteiger charge is -2.17. The van der Waals surface area contributed by atoms with Gasteiger partial charge >= 0.3 is 12.6 Å². The van der Waals surface area contributed by atoms with E-state index in [4.69, 9.17) is 32.7 Å². The molecule has 1 aromatic carbocycles. The number of aromatic nitrogens is 2. The van der Waals surface area contributed by atoms with Crippen molar-refractivity contribution in [1.82, 2.24) is 9.78 Å². The van der Waals surface area contributed by atoms with E-state index in [1.807, 2.05) is 0 Å². The van der Waals surface area contributed by atoms with Crippen LogP contribution in [0.15, 0.2) is 12.1 Å². The summed E-state index contributed by atoms with van der Waals surface area (Å²) in [5.41, 5.74) is -0.314. The quantitative estimate of drug-likeness (QED) is 0.548. The normalized spacial score (nSPS) is 12.2. The fourth-order valence-corrected chi connectivity index (χ4v) is 2.86. The van der Waals surface area contributed by atoms with Gasteiger partial charge in [0.15, 0.2) is 6.10 Å². The highest BCUT2D eigenvalue weighted by Crippen LogP contribution is 2.40. The summed E-state index contributed by atoms with van der Waals surface area (Å²) < 4.78 is 55.3. The largest absolute Gasteiger partial charge is 0.477 e. The zero-order valence-electron chi connectivity index (χ0n) is 15.1. The molecule has 1 heterocycles. The Morgan fingerprint density at radius 2 is 1.93 bits per heavy atom. The van der Waals surface area contributed by atoms with Gasteiger partial charge in [-0.05, 0) is 25.5 Å². The lowest BCUT2D eigenvalue weighted by atomic mass is 10.1. The van der Waals surface area contributed by atoms with Gasteiger partial charge in [-0.25, -0.2) is 13.9 Å². The number of nitrogens with zero attached hydrogens (tertiary/aromatic N) is 2. The highest BCUT2D eigenvalue weighted by atomic mass is 35.5. The first-order valence-corrected chi connectivity index (χ1v) is 8.95. The molecule has 0 radical (unpaired) electrons. The highest BCUT2D eigenvalue weighted by Gasteiger charge is 2.25. The van der Waals surface area contributed by atoms with Crippen molar-refractivity contribution in [2.75, 3.05) is 6.61 Å². The Labute approximate surface area is 169 Å². The highest BCUT2D eigenvalue weighted by molar-refractivity contribution is 6.34. The fraction of sp³-hybridized carbons (Fsp3) is 0.412. The van der Waals surface area contributed by atoms with E-state index >= 15 is 0 Å². The Hall–Kier alpha value is -2.13. The van der Waals surface area contributed by atoms with Gasteiger partial charge in [0.1, 0.15) is 22.3 Å². The summed E-state index contributed by atoms with van der Waals surface area (Å²) in [7, 11) is 1.31. The van der Waals surface area contributed by atoms with Crippen LogP contribution in [-0.2, 0) is 16.6 Å². The standard InChI is InChI=1S/C17H17Cl2F3N2O4/c1-4-11(16(25)26-5-2)27-12-6-8(10(20)7-9(12)18)14-13(19)15(24(3)23-14)28-17(21)22/h6-7,11,17H,4-5H2,1-3H3. The average molecular weight is 441 g/mol. The number of alkyl halides is 2. The Kier molecular flexibility index (Phi) is 7.42. The molecule has 1 atom stereocenters. The van der Waals surface area contributed by atoms with E-state index in [1.165, 1.54) is 13.1 Å². The van der Waals surface area contributed by atoms with Crippen LogP contribution >= 0.6 is 23.2 Å². The molecule has 1 aromatic heterocycles. The number of rotatable bonds is 8. The van der Waals surface area contributed by atoms with E-state index < -0.39 is 30.4 Å². The van der Waals surface area contributed by atoms with Crippen LogP contribution in [0.2, 0.25) is 10.0 Å². The van der Waals surface area contributed by atoms with E-state index in [-0.39, 0.29) is 40.1 Å². The lowest BCUT2D eigenvalue weighted by Crippen LogP contribution is -2.28. The van der Waals surface area contributed by atoms with Crippen LogP contribution in [0.1, 0.15) is 20.3 Å². The third-order valence-corrected chi connectivity index (χ3v) is 4.24. The van der Waals surface area contributed by atoms with E-state index in [2.05, 4.69) is 9.84 Å². The minimum absolute atomic E-state index is 0.0176. The molecule has 2 aromatic rings. The zero-order chi connectivity index (χ0) is 21.0. The van der Waals surface area contributed by atoms with Gasteiger partial charge in [0, 0.05) is 12.6 Å². The van der Waals surface area contributed by atoms with Crippen molar-refractivity contribution in [2.45, 2.75) is 33.0 Å². The molecule has 1 unspecified atom stereocenters. The maximum atomic E-state index is 14.5. The number of carbonyl (C=O) groups excluding carboxylic acids is 1. The van der Waals surface area contributed by atoms with Crippen molar-refractivity contribution in [3.63, 3.8) is 0 Å². The first-order valence-electron chi connectivity index (χ1n) is 8.19. The topological polar surface area (TPSA) is 62.6 Å². The van der Waals surface area contributed by atoms with Gasteiger partial charge in [0.2, 0.25) is 5.88 Å². The smallest absolute Gasteiger partial charge is 0.388 e. The van der Waals surface area contributed by atoms with Crippen LogP contribution < -0.4 is 9.47 Å². The maximum Gasteiger partial charge on any atom is 0.388 e. The average Bonchev–Trinajstić information content (AvgIpc) is 2.89. The molecule has 0 fully saturated rings. The SMILES string of the molecule is CCOC(=O)C(CC)Oc1cc(-c2nn(C)c(OC(F)F)c2Cl)c(F)cc1Cl. The molecule has 2 rings (SSSR count). The summed E-state index contributed by atoms with van der Waals surface area (Å²) in [4.78, 5) is 11.9. The van der Waals surface area contributed by atoms with Crippen molar-refractivity contribution in [2.24, 2.45) is 7.05 Å². The Morgan fingerprint density at radius 3 is 2.50 bits per heavy atom. The lowest BCUT2D eigenvalue weighted by molar-refractivity contribution is -0.151. The van der Waals surface area contributed by atoms with Gasteiger partial charge in [-0.15, -0.1) is 0 Å². The third kappa shape index (κ3) is 4.82. The monoisotopic (exact) mass is 440 g/mol. The summed E-state index contributed by atoms with van der Waals surface area (Å²) in [5, 5.41) is 3.52. The Morgan fingerprint density at radius 1 is 1.25 bits per heavy atom. The number of benzene rings is 1. The number of hydrogen-bond donors (Lipinski definition) is 0. The number of carbonyl (C=O) groups is 1. The second-order valence-corrected chi connectivity index (χ2v) is 6.28. The number of hydrogen-bond acceptors (Lipinski definition) is 5. The molecule has 0 bridgehead atoms. The molecule has 28 heavy (non-hydrogen) atoms. The van der Waals surface area contributed by atoms with Gasteiger partial charge < -0.3 is 14.2 Å². The molecule has 0 aliphatic heterocycles. The van der Waals surface area contributed by atoms with Gasteiger partial charge in [-0.3, -0.25) is 0 Å². The minimum Gasteiger partial charge on any atom is -0.477 e. The van der Waals surface area contributed by atoms with E-state index in [1.54, 1.807) is 13.8 Å². The van der Waals surface area contributed by atoms with Crippen molar-refractivity contribution in [3.05, 3.63) is 28.0 Å². The van der Waals surface area contributed by atoms with Crippen molar-refractivity contribution in [1.29, 1.82) is 0 Å². The minimum atomic E-state index is -3.13. The van der Waals surface area contributed by atoms with Crippen LogP contribution in [0, 0.1) is 5.82 Å². The second kappa shape index (κ2) is 9.38. The number of aryl methyl sites for hydroxylation is 1. The molecule has 0 N–H and O–H groups in total. The van der Waals surface area contributed by atoms with Crippen LogP contribution in [0.3, 0.4) is 0 Å². The molecule has 0 saturated carbocycles. The molecule has 0 saturated heterocycles. The maximum absolute atomic E-state index is 14.5. The Balaban J connectivity index is 2.45. The van der Waals surface area contributed by atoms with E-state index in [9.17, 15) is 18.0 Å². The number of halogens is 5. The summed E-state index contributed by atoms with van der Waals surface area (Å²) in [6.45, 7) is 0.376. The van der Waals surface area contributed by atoms with Gasteiger partial charge in [-0.1, -0.05) is 30.1 Å². The molecule has 11 heteroatoms. The van der Waals surface area contributed by atoms with Crippen LogP contribution in [0.25, 0.3) is 11.3 Å². The molecule has 0 amide bonds.